The van der Waals surface area contributed by atoms with Crippen molar-refractivity contribution in [2.75, 3.05) is 13.7 Å². The Bertz CT molecular complexity index is 612. The zero-order valence-corrected chi connectivity index (χ0v) is 13.1. The molecule has 2 aromatic carbocycles. The van der Waals surface area contributed by atoms with Crippen LogP contribution in [0.4, 0.5) is 0 Å². The summed E-state index contributed by atoms with van der Waals surface area (Å²) in [5.74, 6) is 1.71. The Hall–Kier alpha value is -2.49. The molecule has 0 radical (unpaired) electrons. The van der Waals surface area contributed by atoms with Crippen LogP contribution in [-0.2, 0) is 6.54 Å². The molecule has 0 aliphatic rings. The van der Waals surface area contributed by atoms with E-state index < -0.39 is 0 Å². The first-order chi connectivity index (χ1) is 10.8. The highest BCUT2D eigenvalue weighted by Crippen LogP contribution is 2.17. The van der Waals surface area contributed by atoms with Gasteiger partial charge < -0.3 is 14.9 Å². The molecule has 0 fully saturated rings. The summed E-state index contributed by atoms with van der Waals surface area (Å²) >= 11 is 0. The zero-order valence-electron chi connectivity index (χ0n) is 13.1. The molecule has 0 heterocycles. The van der Waals surface area contributed by atoms with Gasteiger partial charge >= 0.3 is 0 Å². The third kappa shape index (κ3) is 4.52. The first kappa shape index (κ1) is 15.9. The molecule has 0 bridgehead atoms. The molecule has 0 saturated heterocycles. The monoisotopic (exact) mass is 298 g/mol. The average molecular weight is 298 g/mol. The van der Waals surface area contributed by atoms with E-state index in [1.54, 1.807) is 13.3 Å². The second-order valence-electron chi connectivity index (χ2n) is 4.79. The number of methoxy groups -OCH3 is 1. The Morgan fingerprint density at radius 1 is 1.05 bits per heavy atom. The van der Waals surface area contributed by atoms with Gasteiger partial charge in [-0.15, -0.1) is 0 Å². The summed E-state index contributed by atoms with van der Waals surface area (Å²) in [4.78, 5) is 0. The Labute approximate surface area is 131 Å². The molecule has 1 N–H and O–H groups in total. The summed E-state index contributed by atoms with van der Waals surface area (Å²) in [5.41, 5.74) is 5.07. The third-order valence-electron chi connectivity index (χ3n) is 3.14. The van der Waals surface area contributed by atoms with Crippen LogP contribution < -0.4 is 14.9 Å². The van der Waals surface area contributed by atoms with Gasteiger partial charge in [-0.25, -0.2) is 0 Å². The molecule has 0 aromatic heterocycles. The number of para-hydroxylation sites is 2. The number of hydrogen-bond donors (Lipinski definition) is 1. The number of ether oxygens (including phenoxy) is 2. The van der Waals surface area contributed by atoms with Crippen molar-refractivity contribution < 1.29 is 9.47 Å². The molecular formula is C18H22N2O2. The van der Waals surface area contributed by atoms with Gasteiger partial charge in [-0.3, -0.25) is 0 Å². The van der Waals surface area contributed by atoms with Gasteiger partial charge in [-0.1, -0.05) is 37.3 Å². The lowest BCUT2D eigenvalue weighted by Crippen LogP contribution is -2.07. The van der Waals surface area contributed by atoms with Crippen LogP contribution in [0.3, 0.4) is 0 Å². The van der Waals surface area contributed by atoms with E-state index in [4.69, 9.17) is 9.47 Å². The minimum absolute atomic E-state index is 0.610. The Morgan fingerprint density at radius 2 is 1.77 bits per heavy atom. The Kier molecular flexibility index (Phi) is 6.30. The van der Waals surface area contributed by atoms with Crippen LogP contribution in [0, 0.1) is 0 Å². The fraction of sp³-hybridized carbons (Fsp3) is 0.278. The van der Waals surface area contributed by atoms with E-state index in [0.29, 0.717) is 13.2 Å². The maximum atomic E-state index is 5.70. The van der Waals surface area contributed by atoms with E-state index in [1.807, 2.05) is 48.5 Å². The molecule has 0 saturated carbocycles. The summed E-state index contributed by atoms with van der Waals surface area (Å²) < 4.78 is 11.0. The number of nitrogens with zero attached hydrogens (tertiary/aromatic N) is 1. The standard InChI is InChI=1S/C18H22N2O2/c1-3-12-22-18-11-7-5-9-16(18)14-20-19-13-15-8-4-6-10-17(15)21-2/h4-11,14,19H,3,12-13H2,1-2H3/b20-14+. The molecule has 0 spiro atoms. The van der Waals surface area contributed by atoms with Crippen molar-refractivity contribution >= 4 is 6.21 Å². The van der Waals surface area contributed by atoms with Crippen molar-refractivity contribution in [2.24, 2.45) is 5.10 Å². The van der Waals surface area contributed by atoms with Crippen LogP contribution in [0.1, 0.15) is 24.5 Å². The summed E-state index contributed by atoms with van der Waals surface area (Å²) in [6.45, 7) is 3.41. The van der Waals surface area contributed by atoms with Crippen LogP contribution in [-0.4, -0.2) is 19.9 Å². The van der Waals surface area contributed by atoms with E-state index in [9.17, 15) is 0 Å². The number of rotatable bonds is 8. The van der Waals surface area contributed by atoms with Crippen molar-refractivity contribution in [3.63, 3.8) is 0 Å². The fourth-order valence-electron chi connectivity index (χ4n) is 2.03. The van der Waals surface area contributed by atoms with E-state index in [0.717, 1.165) is 29.0 Å². The summed E-state index contributed by atoms with van der Waals surface area (Å²) in [6.07, 6.45) is 2.76. The first-order valence-corrected chi connectivity index (χ1v) is 7.44. The van der Waals surface area contributed by atoms with Crippen molar-refractivity contribution in [3.05, 3.63) is 59.7 Å². The highest BCUT2D eigenvalue weighted by molar-refractivity contribution is 5.83. The van der Waals surface area contributed by atoms with Gasteiger partial charge in [0, 0.05) is 11.1 Å². The van der Waals surface area contributed by atoms with Crippen LogP contribution in [0.15, 0.2) is 53.6 Å². The predicted octanol–water partition coefficient (Wildman–Crippen LogP) is 3.61. The minimum atomic E-state index is 0.610. The normalized spacial score (nSPS) is 10.6. The highest BCUT2D eigenvalue weighted by atomic mass is 16.5. The summed E-state index contributed by atoms with van der Waals surface area (Å²) in [6, 6.07) is 15.8. The largest absolute Gasteiger partial charge is 0.496 e. The minimum Gasteiger partial charge on any atom is -0.496 e. The van der Waals surface area contributed by atoms with Crippen LogP contribution in [0.2, 0.25) is 0 Å². The van der Waals surface area contributed by atoms with Crippen LogP contribution in [0.25, 0.3) is 0 Å². The van der Waals surface area contributed by atoms with E-state index in [-0.39, 0.29) is 0 Å². The smallest absolute Gasteiger partial charge is 0.128 e. The lowest BCUT2D eigenvalue weighted by molar-refractivity contribution is 0.317. The highest BCUT2D eigenvalue weighted by Gasteiger charge is 2.01. The topological polar surface area (TPSA) is 42.8 Å². The quantitative estimate of drug-likeness (QED) is 0.598. The summed E-state index contributed by atoms with van der Waals surface area (Å²) in [5, 5.41) is 4.27. The lowest BCUT2D eigenvalue weighted by atomic mass is 10.2. The number of hydrazone groups is 1. The molecule has 0 aliphatic carbocycles. The Morgan fingerprint density at radius 3 is 2.55 bits per heavy atom. The van der Waals surface area contributed by atoms with E-state index in [2.05, 4.69) is 17.5 Å². The van der Waals surface area contributed by atoms with Crippen molar-refractivity contribution in [2.45, 2.75) is 19.9 Å². The molecule has 2 aromatic rings. The average Bonchev–Trinajstić information content (AvgIpc) is 2.58. The number of benzene rings is 2. The molecule has 0 aliphatic heterocycles. The van der Waals surface area contributed by atoms with Crippen molar-refractivity contribution in [1.29, 1.82) is 0 Å². The zero-order chi connectivity index (χ0) is 15.6. The number of nitrogens with one attached hydrogen (secondary N) is 1. The molecule has 116 valence electrons. The maximum absolute atomic E-state index is 5.70. The van der Waals surface area contributed by atoms with Gasteiger partial charge in [0.05, 0.1) is 26.5 Å². The molecule has 0 amide bonds. The SMILES string of the molecule is CCCOc1ccccc1/C=N/NCc1ccccc1OC. The maximum Gasteiger partial charge on any atom is 0.128 e. The van der Waals surface area contributed by atoms with Gasteiger partial charge in [-0.2, -0.15) is 5.10 Å². The van der Waals surface area contributed by atoms with E-state index in [1.165, 1.54) is 0 Å². The second-order valence-corrected chi connectivity index (χ2v) is 4.79. The van der Waals surface area contributed by atoms with Crippen molar-refractivity contribution in [1.82, 2.24) is 5.43 Å². The molecule has 0 unspecified atom stereocenters. The van der Waals surface area contributed by atoms with Gasteiger partial charge in [0.15, 0.2) is 0 Å². The molecule has 4 nitrogen and oxygen atoms in total. The first-order valence-electron chi connectivity index (χ1n) is 7.44. The number of hydrogen-bond acceptors (Lipinski definition) is 4. The van der Waals surface area contributed by atoms with Crippen LogP contribution >= 0.6 is 0 Å². The molecule has 22 heavy (non-hydrogen) atoms. The second kappa shape index (κ2) is 8.72. The van der Waals surface area contributed by atoms with Crippen LogP contribution in [0.5, 0.6) is 11.5 Å². The predicted molar refractivity (Wildman–Crippen MR) is 89.7 cm³/mol. The molecular weight excluding hydrogens is 276 g/mol. The van der Waals surface area contributed by atoms with Gasteiger partial charge in [0.1, 0.15) is 11.5 Å². The van der Waals surface area contributed by atoms with Gasteiger partial charge in [0.25, 0.3) is 0 Å². The summed E-state index contributed by atoms with van der Waals surface area (Å²) in [7, 11) is 1.67. The fourth-order valence-corrected chi connectivity index (χ4v) is 2.03. The van der Waals surface area contributed by atoms with Gasteiger partial charge in [0.2, 0.25) is 0 Å². The lowest BCUT2D eigenvalue weighted by Gasteiger charge is -2.08. The molecule has 2 rings (SSSR count). The molecule has 4 heteroatoms. The third-order valence-corrected chi connectivity index (χ3v) is 3.14. The van der Waals surface area contributed by atoms with Gasteiger partial charge in [-0.05, 0) is 24.6 Å². The molecule has 0 atom stereocenters. The Balaban J connectivity index is 1.95. The van der Waals surface area contributed by atoms with E-state index >= 15 is 0 Å². The van der Waals surface area contributed by atoms with Crippen molar-refractivity contribution in [3.8, 4) is 11.5 Å².